The highest BCUT2D eigenvalue weighted by atomic mass is 14.6. The van der Waals surface area contributed by atoms with E-state index >= 15 is 0 Å². The monoisotopic (exact) mass is 378 g/mol. The molecule has 1 aromatic rings. The van der Waals surface area contributed by atoms with Crippen LogP contribution in [-0.4, -0.2) is 0 Å². The molecular formula is C28H42. The van der Waals surface area contributed by atoms with Crippen LogP contribution in [0.25, 0.3) is 0 Å². The molecule has 7 unspecified atom stereocenters. The highest BCUT2D eigenvalue weighted by molar-refractivity contribution is 5.14. The molecule has 4 saturated carbocycles. The zero-order valence-corrected chi connectivity index (χ0v) is 18.3. The van der Waals surface area contributed by atoms with Crippen LogP contribution in [0.5, 0.6) is 0 Å². The molecule has 28 heavy (non-hydrogen) atoms. The summed E-state index contributed by atoms with van der Waals surface area (Å²) in [5.74, 6) is 6.55. The van der Waals surface area contributed by atoms with E-state index in [4.69, 9.17) is 0 Å². The smallest absolute Gasteiger partial charge is 0.0266 e. The van der Waals surface area contributed by atoms with E-state index in [1.54, 1.807) is 51.4 Å². The Kier molecular flexibility index (Phi) is 5.59. The van der Waals surface area contributed by atoms with Crippen molar-refractivity contribution in [3.63, 3.8) is 0 Å². The van der Waals surface area contributed by atoms with Gasteiger partial charge in [-0.25, -0.2) is 0 Å². The lowest BCUT2D eigenvalue weighted by Crippen LogP contribution is -2.50. The maximum Gasteiger partial charge on any atom is -0.0266 e. The zero-order chi connectivity index (χ0) is 19.0. The van der Waals surface area contributed by atoms with Gasteiger partial charge in [-0.05, 0) is 111 Å². The Bertz CT molecular complexity index is 633. The summed E-state index contributed by atoms with van der Waals surface area (Å²) in [6.07, 6.45) is 21.3. The number of aryl methyl sites for hydroxylation is 1. The Morgan fingerprint density at radius 3 is 2.50 bits per heavy atom. The molecule has 0 aliphatic heterocycles. The van der Waals surface area contributed by atoms with Crippen molar-refractivity contribution in [2.75, 3.05) is 0 Å². The minimum atomic E-state index is 0.722. The second-order valence-electron chi connectivity index (χ2n) is 11.3. The largest absolute Gasteiger partial charge is 0.0622 e. The van der Waals surface area contributed by atoms with Gasteiger partial charge in [0.1, 0.15) is 0 Å². The summed E-state index contributed by atoms with van der Waals surface area (Å²) in [6, 6.07) is 11.1. The topological polar surface area (TPSA) is 0 Å². The molecule has 5 rings (SSSR count). The van der Waals surface area contributed by atoms with Gasteiger partial charge in [0, 0.05) is 0 Å². The van der Waals surface area contributed by atoms with E-state index in [0.717, 1.165) is 40.9 Å². The maximum absolute atomic E-state index is 2.73. The molecule has 0 aromatic heterocycles. The molecule has 0 radical (unpaired) electrons. The fourth-order valence-electron chi connectivity index (χ4n) is 8.81. The van der Waals surface area contributed by atoms with E-state index in [9.17, 15) is 0 Å². The number of benzene rings is 1. The molecule has 1 aromatic carbocycles. The Morgan fingerprint density at radius 1 is 0.786 bits per heavy atom. The van der Waals surface area contributed by atoms with Crippen LogP contribution in [0.4, 0.5) is 0 Å². The first-order valence-corrected chi connectivity index (χ1v) is 12.8. The molecule has 4 fully saturated rings. The van der Waals surface area contributed by atoms with Gasteiger partial charge >= 0.3 is 0 Å². The van der Waals surface area contributed by atoms with Crippen molar-refractivity contribution in [3.8, 4) is 0 Å². The van der Waals surface area contributed by atoms with E-state index in [2.05, 4.69) is 37.3 Å². The van der Waals surface area contributed by atoms with Crippen molar-refractivity contribution >= 4 is 0 Å². The lowest BCUT2D eigenvalue weighted by atomic mass is 9.47. The van der Waals surface area contributed by atoms with Gasteiger partial charge in [0.05, 0.1) is 0 Å². The van der Waals surface area contributed by atoms with E-state index in [-0.39, 0.29) is 0 Å². The molecule has 0 heterocycles. The highest BCUT2D eigenvalue weighted by Crippen LogP contribution is 2.64. The summed E-state index contributed by atoms with van der Waals surface area (Å²) in [5, 5.41) is 0. The van der Waals surface area contributed by atoms with Crippen LogP contribution in [0.2, 0.25) is 0 Å². The Morgan fingerprint density at radius 2 is 1.61 bits per heavy atom. The molecular weight excluding hydrogens is 336 g/mol. The molecule has 4 aliphatic rings. The van der Waals surface area contributed by atoms with Crippen LogP contribution >= 0.6 is 0 Å². The van der Waals surface area contributed by atoms with E-state index in [1.807, 2.05) is 0 Å². The van der Waals surface area contributed by atoms with Gasteiger partial charge < -0.3 is 0 Å². The van der Waals surface area contributed by atoms with Crippen LogP contribution in [0, 0.1) is 40.9 Å². The molecule has 0 saturated heterocycles. The van der Waals surface area contributed by atoms with E-state index < -0.39 is 0 Å². The van der Waals surface area contributed by atoms with Crippen molar-refractivity contribution in [1.82, 2.24) is 0 Å². The van der Waals surface area contributed by atoms with Gasteiger partial charge in [-0.2, -0.15) is 0 Å². The van der Waals surface area contributed by atoms with E-state index in [0.29, 0.717) is 0 Å². The van der Waals surface area contributed by atoms with Crippen molar-refractivity contribution in [3.05, 3.63) is 35.9 Å². The average molecular weight is 379 g/mol. The summed E-state index contributed by atoms with van der Waals surface area (Å²) in [7, 11) is 0. The van der Waals surface area contributed by atoms with Crippen molar-refractivity contribution < 1.29 is 0 Å². The first-order chi connectivity index (χ1) is 13.8. The number of rotatable bonds is 5. The second-order valence-corrected chi connectivity index (χ2v) is 11.3. The van der Waals surface area contributed by atoms with Gasteiger partial charge in [0.25, 0.3) is 0 Å². The average Bonchev–Trinajstić information content (AvgIpc) is 3.15. The molecule has 0 bridgehead atoms. The lowest BCUT2D eigenvalue weighted by molar-refractivity contribution is -0.0871. The number of hydrogen-bond donors (Lipinski definition) is 0. The standard InChI is InChI=1S/C28H42/c1-28-20-8-7-13-23(28)15-17-26-25-16-14-22(24(25)18-19-27(26)28)12-6-5-11-21-9-3-2-4-10-21/h2-4,9-10,22-27H,5-8,11-20H2,1H3. The molecule has 0 nitrogen and oxygen atoms in total. The van der Waals surface area contributed by atoms with E-state index in [1.165, 1.54) is 44.1 Å². The third-order valence-electron chi connectivity index (χ3n) is 10.2. The van der Waals surface area contributed by atoms with Crippen molar-refractivity contribution in [1.29, 1.82) is 0 Å². The molecule has 0 amide bonds. The van der Waals surface area contributed by atoms with Gasteiger partial charge in [0.2, 0.25) is 0 Å². The molecule has 154 valence electrons. The molecule has 7 atom stereocenters. The SMILES string of the molecule is CC12CCCCC1CCC1C3CCC(CCCCc4ccccc4)C3CCC12. The summed E-state index contributed by atoms with van der Waals surface area (Å²) in [5.41, 5.74) is 2.25. The van der Waals surface area contributed by atoms with Gasteiger partial charge in [-0.15, -0.1) is 0 Å². The first kappa shape index (κ1) is 19.2. The first-order valence-electron chi connectivity index (χ1n) is 12.8. The maximum atomic E-state index is 2.73. The van der Waals surface area contributed by atoms with Gasteiger partial charge in [-0.1, -0.05) is 62.9 Å². The molecule has 4 aliphatic carbocycles. The molecule has 0 spiro atoms. The van der Waals surface area contributed by atoms with Crippen LogP contribution in [0.15, 0.2) is 30.3 Å². The predicted octanol–water partition coefficient (Wildman–Crippen LogP) is 8.06. The van der Waals surface area contributed by atoms with Crippen molar-refractivity contribution in [2.45, 2.75) is 96.8 Å². The summed E-state index contributed by atoms with van der Waals surface area (Å²) in [4.78, 5) is 0. The Hall–Kier alpha value is -0.780. The van der Waals surface area contributed by atoms with Gasteiger partial charge in [-0.3, -0.25) is 0 Å². The molecule has 0 heteroatoms. The minimum absolute atomic E-state index is 0.722. The fourth-order valence-corrected chi connectivity index (χ4v) is 8.81. The van der Waals surface area contributed by atoms with Gasteiger partial charge in [0.15, 0.2) is 0 Å². The summed E-state index contributed by atoms with van der Waals surface area (Å²) >= 11 is 0. The third-order valence-corrected chi connectivity index (χ3v) is 10.2. The summed E-state index contributed by atoms with van der Waals surface area (Å²) < 4.78 is 0. The van der Waals surface area contributed by atoms with Crippen LogP contribution in [0.1, 0.15) is 96.0 Å². The quantitative estimate of drug-likeness (QED) is 0.454. The Labute approximate surface area is 173 Å². The highest BCUT2D eigenvalue weighted by Gasteiger charge is 2.55. The summed E-state index contributed by atoms with van der Waals surface area (Å²) in [6.45, 7) is 2.73. The molecule has 0 N–H and O–H groups in total. The van der Waals surface area contributed by atoms with Crippen LogP contribution in [0.3, 0.4) is 0 Å². The number of fused-ring (bicyclic) bond motifs is 5. The second kappa shape index (κ2) is 8.16. The lowest BCUT2D eigenvalue weighted by Gasteiger charge is -2.58. The number of hydrogen-bond acceptors (Lipinski definition) is 0. The predicted molar refractivity (Wildman–Crippen MR) is 119 cm³/mol. The fraction of sp³-hybridized carbons (Fsp3) is 0.786. The number of unbranched alkanes of at least 4 members (excludes halogenated alkanes) is 1. The Balaban J connectivity index is 1.16. The van der Waals surface area contributed by atoms with Crippen LogP contribution in [-0.2, 0) is 6.42 Å². The normalized spacial score (nSPS) is 42.5. The minimum Gasteiger partial charge on any atom is -0.0622 e. The zero-order valence-electron chi connectivity index (χ0n) is 18.3. The van der Waals surface area contributed by atoms with Crippen molar-refractivity contribution in [2.24, 2.45) is 40.9 Å². The van der Waals surface area contributed by atoms with Crippen LogP contribution < -0.4 is 0 Å². The third kappa shape index (κ3) is 3.48.